The Morgan fingerprint density at radius 3 is 2.40 bits per heavy atom. The van der Waals surface area contributed by atoms with Gasteiger partial charge >= 0.3 is 17.9 Å². The Hall–Kier alpha value is -1.67. The number of aliphatic carboxylic acids is 2. The van der Waals surface area contributed by atoms with Gasteiger partial charge in [0.05, 0.1) is 6.42 Å². The molecule has 1 rings (SSSR count). The molecule has 1 saturated heterocycles. The van der Waals surface area contributed by atoms with E-state index in [0.717, 1.165) is 0 Å². The molecule has 1 fully saturated rings. The van der Waals surface area contributed by atoms with E-state index in [1.54, 1.807) is 0 Å². The average molecular weight is 220 g/mol. The van der Waals surface area contributed by atoms with Crippen molar-refractivity contribution in [1.82, 2.24) is 0 Å². The Bertz CT molecular complexity index is 310. The van der Waals surface area contributed by atoms with E-state index in [0.29, 0.717) is 0 Å². The largest absolute Gasteiger partial charge is 0.481 e. The van der Waals surface area contributed by atoms with Gasteiger partial charge in [0.2, 0.25) is 5.60 Å². The number of aliphatic hydroxyl groups excluding tert-OH is 1. The number of esters is 1. The SMILES string of the molecule is O=C(O)CC1(C(O)C(=O)O)OCOC1=O. The molecule has 1 aliphatic rings. The number of aliphatic hydroxyl groups is 1. The van der Waals surface area contributed by atoms with Gasteiger partial charge in [0.1, 0.15) is 0 Å². The average Bonchev–Trinajstić information content (AvgIpc) is 2.46. The number of carbonyl (C=O) groups is 3. The molecular weight excluding hydrogens is 212 g/mol. The number of carbonyl (C=O) groups excluding carboxylic acids is 1. The van der Waals surface area contributed by atoms with Crippen LogP contribution in [0.2, 0.25) is 0 Å². The minimum absolute atomic E-state index is 0.573. The molecule has 84 valence electrons. The van der Waals surface area contributed by atoms with Crippen LogP contribution in [0.4, 0.5) is 0 Å². The summed E-state index contributed by atoms with van der Waals surface area (Å²) in [5.41, 5.74) is -2.35. The van der Waals surface area contributed by atoms with Crippen LogP contribution in [0.1, 0.15) is 6.42 Å². The molecule has 0 amide bonds. The molecule has 8 nitrogen and oxygen atoms in total. The molecule has 2 atom stereocenters. The molecule has 0 aromatic carbocycles. The van der Waals surface area contributed by atoms with Crippen LogP contribution in [0.5, 0.6) is 0 Å². The number of carboxylic acids is 2. The third-order valence-corrected chi connectivity index (χ3v) is 1.94. The molecule has 0 spiro atoms. The van der Waals surface area contributed by atoms with Crippen molar-refractivity contribution in [1.29, 1.82) is 0 Å². The fraction of sp³-hybridized carbons (Fsp3) is 0.571. The maximum atomic E-state index is 11.1. The van der Waals surface area contributed by atoms with Gasteiger partial charge in [-0.05, 0) is 0 Å². The quantitative estimate of drug-likeness (QED) is 0.472. The van der Waals surface area contributed by atoms with Crippen molar-refractivity contribution in [2.75, 3.05) is 6.79 Å². The molecule has 0 saturated carbocycles. The van der Waals surface area contributed by atoms with Crippen molar-refractivity contribution in [3.05, 3.63) is 0 Å². The zero-order valence-corrected chi connectivity index (χ0v) is 7.37. The topological polar surface area (TPSA) is 130 Å². The molecule has 3 N–H and O–H groups in total. The van der Waals surface area contributed by atoms with Gasteiger partial charge in [-0.3, -0.25) is 4.79 Å². The van der Waals surface area contributed by atoms with E-state index in [-0.39, 0.29) is 0 Å². The maximum absolute atomic E-state index is 11.1. The van der Waals surface area contributed by atoms with E-state index >= 15 is 0 Å². The monoisotopic (exact) mass is 220 g/mol. The second kappa shape index (κ2) is 3.83. The molecule has 1 heterocycles. The highest BCUT2D eigenvalue weighted by Crippen LogP contribution is 2.28. The first-order chi connectivity index (χ1) is 6.90. The molecular formula is C7H8O8. The van der Waals surface area contributed by atoms with Gasteiger partial charge in [0.25, 0.3) is 0 Å². The lowest BCUT2D eigenvalue weighted by molar-refractivity contribution is -0.175. The van der Waals surface area contributed by atoms with Crippen molar-refractivity contribution in [2.45, 2.75) is 18.1 Å². The number of rotatable bonds is 4. The van der Waals surface area contributed by atoms with Gasteiger partial charge in [-0.25, -0.2) is 9.59 Å². The van der Waals surface area contributed by atoms with E-state index < -0.39 is 42.8 Å². The van der Waals surface area contributed by atoms with Crippen molar-refractivity contribution in [3.8, 4) is 0 Å². The Balaban J connectivity index is 3.00. The van der Waals surface area contributed by atoms with Crippen molar-refractivity contribution < 1.29 is 39.2 Å². The van der Waals surface area contributed by atoms with Crippen LogP contribution < -0.4 is 0 Å². The fourth-order valence-electron chi connectivity index (χ4n) is 1.20. The van der Waals surface area contributed by atoms with E-state index in [1.165, 1.54) is 0 Å². The predicted molar refractivity (Wildman–Crippen MR) is 40.7 cm³/mol. The first-order valence-electron chi connectivity index (χ1n) is 3.84. The fourth-order valence-corrected chi connectivity index (χ4v) is 1.20. The zero-order chi connectivity index (χ0) is 11.6. The lowest BCUT2D eigenvalue weighted by Gasteiger charge is -2.24. The summed E-state index contributed by atoms with van der Waals surface area (Å²) in [6.07, 6.45) is -3.25. The predicted octanol–water partition coefficient (Wildman–Crippen LogP) is -1.82. The molecule has 15 heavy (non-hydrogen) atoms. The summed E-state index contributed by atoms with van der Waals surface area (Å²) in [4.78, 5) is 32.1. The minimum Gasteiger partial charge on any atom is -0.481 e. The summed E-state index contributed by atoms with van der Waals surface area (Å²) in [5.74, 6) is -4.43. The zero-order valence-electron chi connectivity index (χ0n) is 7.37. The lowest BCUT2D eigenvalue weighted by atomic mass is 9.93. The van der Waals surface area contributed by atoms with Crippen LogP contribution in [0.3, 0.4) is 0 Å². The second-order valence-electron chi connectivity index (χ2n) is 2.89. The van der Waals surface area contributed by atoms with Crippen LogP contribution >= 0.6 is 0 Å². The highest BCUT2D eigenvalue weighted by Gasteiger charge is 2.56. The molecule has 2 unspecified atom stereocenters. The number of cyclic esters (lactones) is 1. The molecule has 0 bridgehead atoms. The Morgan fingerprint density at radius 1 is 1.47 bits per heavy atom. The van der Waals surface area contributed by atoms with E-state index in [2.05, 4.69) is 9.47 Å². The highest BCUT2D eigenvalue weighted by molar-refractivity contribution is 5.92. The Kier molecular flexibility index (Phi) is 2.91. The summed E-state index contributed by atoms with van der Waals surface area (Å²) < 4.78 is 8.90. The van der Waals surface area contributed by atoms with Gasteiger partial charge < -0.3 is 24.8 Å². The minimum atomic E-state index is -2.35. The van der Waals surface area contributed by atoms with E-state index in [4.69, 9.17) is 10.2 Å². The summed E-state index contributed by atoms with van der Waals surface area (Å²) in [6, 6.07) is 0. The van der Waals surface area contributed by atoms with Crippen LogP contribution in [-0.2, 0) is 23.9 Å². The molecule has 1 aliphatic heterocycles. The van der Waals surface area contributed by atoms with Crippen LogP contribution in [0.15, 0.2) is 0 Å². The molecule has 0 aliphatic carbocycles. The molecule has 0 aromatic heterocycles. The van der Waals surface area contributed by atoms with Gasteiger partial charge in [-0.15, -0.1) is 0 Å². The van der Waals surface area contributed by atoms with Gasteiger partial charge in [0, 0.05) is 0 Å². The van der Waals surface area contributed by atoms with Crippen molar-refractivity contribution in [2.24, 2.45) is 0 Å². The van der Waals surface area contributed by atoms with Crippen LogP contribution in [-0.4, -0.2) is 51.7 Å². The van der Waals surface area contributed by atoms with Gasteiger partial charge in [-0.1, -0.05) is 0 Å². The first-order valence-corrected chi connectivity index (χ1v) is 3.84. The Morgan fingerprint density at radius 2 is 2.07 bits per heavy atom. The number of ether oxygens (including phenoxy) is 2. The third-order valence-electron chi connectivity index (χ3n) is 1.94. The number of hydrogen-bond acceptors (Lipinski definition) is 6. The second-order valence-corrected chi connectivity index (χ2v) is 2.89. The first kappa shape index (κ1) is 11.4. The summed E-state index contributed by atoms with van der Waals surface area (Å²) in [7, 11) is 0. The highest BCUT2D eigenvalue weighted by atomic mass is 16.7. The Labute approximate surface area is 83.0 Å². The summed E-state index contributed by atoms with van der Waals surface area (Å²) >= 11 is 0. The van der Waals surface area contributed by atoms with Gasteiger partial charge in [-0.2, -0.15) is 0 Å². The van der Waals surface area contributed by atoms with E-state index in [9.17, 15) is 19.5 Å². The van der Waals surface area contributed by atoms with Crippen molar-refractivity contribution >= 4 is 17.9 Å². The molecule has 0 aromatic rings. The normalized spacial score (nSPS) is 27.1. The molecule has 8 heteroatoms. The van der Waals surface area contributed by atoms with Crippen LogP contribution in [0.25, 0.3) is 0 Å². The maximum Gasteiger partial charge on any atom is 0.344 e. The third kappa shape index (κ3) is 1.90. The van der Waals surface area contributed by atoms with Crippen LogP contribution in [0, 0.1) is 0 Å². The summed E-state index contributed by atoms with van der Waals surface area (Å²) in [6.45, 7) is -0.573. The molecule has 0 radical (unpaired) electrons. The smallest absolute Gasteiger partial charge is 0.344 e. The lowest BCUT2D eigenvalue weighted by Crippen LogP contribution is -2.53. The summed E-state index contributed by atoms with van der Waals surface area (Å²) in [5, 5.41) is 26.2. The van der Waals surface area contributed by atoms with E-state index in [1.807, 2.05) is 0 Å². The number of hydrogen-bond donors (Lipinski definition) is 3. The van der Waals surface area contributed by atoms with Crippen molar-refractivity contribution in [3.63, 3.8) is 0 Å². The number of carboxylic acid groups (broad SMARTS) is 2. The standard InChI is InChI=1S/C7H8O8/c8-3(9)1-7(4(10)5(11)12)6(13)14-2-15-7/h4,10H,1-2H2,(H,8,9)(H,11,12). The van der Waals surface area contributed by atoms with Gasteiger partial charge in [0.15, 0.2) is 12.9 Å².